The third kappa shape index (κ3) is 5.64. The Hall–Kier alpha value is -0.180. The van der Waals surface area contributed by atoms with Gasteiger partial charge in [-0.3, -0.25) is 0 Å². The van der Waals surface area contributed by atoms with Crippen molar-refractivity contribution < 1.29 is 0 Å². The number of thioether (sulfide) groups is 1. The van der Waals surface area contributed by atoms with Crippen molar-refractivity contribution in [2.75, 3.05) is 5.75 Å². The summed E-state index contributed by atoms with van der Waals surface area (Å²) in [6.45, 7) is 6.64. The minimum atomic E-state index is 0.246. The van der Waals surface area contributed by atoms with Crippen LogP contribution in [0.2, 0.25) is 5.02 Å². The van der Waals surface area contributed by atoms with Gasteiger partial charge in [-0.1, -0.05) is 38.4 Å². The standard InChI is InChI=1S/C15H24ClNS/c1-4-14(17)9-12-5-6-13(16)10-15(12)18-8-7-11(2)3/h5-6,10-11,14H,4,7-9,17H2,1-3H3. The van der Waals surface area contributed by atoms with Crippen LogP contribution in [0.15, 0.2) is 23.1 Å². The molecule has 1 aromatic rings. The van der Waals surface area contributed by atoms with E-state index in [1.54, 1.807) is 0 Å². The van der Waals surface area contributed by atoms with E-state index in [0.29, 0.717) is 0 Å². The zero-order valence-corrected chi connectivity index (χ0v) is 13.2. The molecule has 0 saturated heterocycles. The van der Waals surface area contributed by atoms with Crippen molar-refractivity contribution in [3.8, 4) is 0 Å². The van der Waals surface area contributed by atoms with E-state index in [1.165, 1.54) is 16.9 Å². The van der Waals surface area contributed by atoms with Crippen LogP contribution in [0, 0.1) is 5.92 Å². The van der Waals surface area contributed by atoms with Gasteiger partial charge in [-0.2, -0.15) is 0 Å². The molecule has 0 aliphatic heterocycles. The van der Waals surface area contributed by atoms with Gasteiger partial charge in [0.15, 0.2) is 0 Å². The van der Waals surface area contributed by atoms with E-state index in [4.69, 9.17) is 17.3 Å². The fraction of sp³-hybridized carbons (Fsp3) is 0.600. The van der Waals surface area contributed by atoms with Gasteiger partial charge in [-0.25, -0.2) is 0 Å². The summed E-state index contributed by atoms with van der Waals surface area (Å²) >= 11 is 7.99. The zero-order valence-electron chi connectivity index (χ0n) is 11.6. The minimum absolute atomic E-state index is 0.246. The smallest absolute Gasteiger partial charge is 0.0417 e. The van der Waals surface area contributed by atoms with E-state index in [9.17, 15) is 0 Å². The van der Waals surface area contributed by atoms with Crippen LogP contribution in [0.25, 0.3) is 0 Å². The van der Waals surface area contributed by atoms with Crippen LogP contribution in [0.1, 0.15) is 39.2 Å². The molecule has 0 aromatic heterocycles. The molecular formula is C15H24ClNS. The molecule has 102 valence electrons. The molecule has 0 saturated carbocycles. The second-order valence-electron chi connectivity index (χ2n) is 5.16. The van der Waals surface area contributed by atoms with E-state index in [-0.39, 0.29) is 6.04 Å². The number of hydrogen-bond donors (Lipinski definition) is 1. The van der Waals surface area contributed by atoms with Gasteiger partial charge >= 0.3 is 0 Å². The molecule has 0 aliphatic rings. The van der Waals surface area contributed by atoms with Crippen molar-refractivity contribution in [1.29, 1.82) is 0 Å². The molecule has 2 N–H and O–H groups in total. The van der Waals surface area contributed by atoms with Crippen LogP contribution in [0.5, 0.6) is 0 Å². The summed E-state index contributed by atoms with van der Waals surface area (Å²) in [5, 5.41) is 0.816. The highest BCUT2D eigenvalue weighted by atomic mass is 35.5. The van der Waals surface area contributed by atoms with Gasteiger partial charge in [0.1, 0.15) is 0 Å². The van der Waals surface area contributed by atoms with Gasteiger partial charge in [0.05, 0.1) is 0 Å². The summed E-state index contributed by atoms with van der Waals surface area (Å²) in [5.74, 6) is 1.89. The molecule has 18 heavy (non-hydrogen) atoms. The summed E-state index contributed by atoms with van der Waals surface area (Å²) in [6, 6.07) is 6.40. The lowest BCUT2D eigenvalue weighted by Gasteiger charge is -2.14. The second-order valence-corrected chi connectivity index (χ2v) is 6.73. The third-order valence-corrected chi connectivity index (χ3v) is 4.35. The van der Waals surface area contributed by atoms with Crippen molar-refractivity contribution in [3.05, 3.63) is 28.8 Å². The van der Waals surface area contributed by atoms with Crippen molar-refractivity contribution in [1.82, 2.24) is 0 Å². The lowest BCUT2D eigenvalue weighted by molar-refractivity contribution is 0.631. The summed E-state index contributed by atoms with van der Waals surface area (Å²) in [4.78, 5) is 1.30. The molecule has 0 bridgehead atoms. The van der Waals surface area contributed by atoms with Crippen LogP contribution in [-0.4, -0.2) is 11.8 Å². The van der Waals surface area contributed by atoms with Gasteiger partial charge in [-0.05, 0) is 48.6 Å². The van der Waals surface area contributed by atoms with Gasteiger partial charge in [0.25, 0.3) is 0 Å². The molecule has 3 heteroatoms. The molecule has 0 aliphatic carbocycles. The summed E-state index contributed by atoms with van der Waals surface area (Å²) in [5.41, 5.74) is 7.38. The van der Waals surface area contributed by atoms with Gasteiger partial charge < -0.3 is 5.73 Å². The molecule has 0 heterocycles. The van der Waals surface area contributed by atoms with E-state index >= 15 is 0 Å². The average Bonchev–Trinajstić information content (AvgIpc) is 2.31. The van der Waals surface area contributed by atoms with Gasteiger partial charge in [0, 0.05) is 16.0 Å². The van der Waals surface area contributed by atoms with E-state index in [1.807, 2.05) is 17.8 Å². The SMILES string of the molecule is CCC(N)Cc1ccc(Cl)cc1SCCC(C)C. The summed E-state index contributed by atoms with van der Waals surface area (Å²) < 4.78 is 0. The zero-order chi connectivity index (χ0) is 13.5. The number of halogens is 1. The Balaban J connectivity index is 2.70. The van der Waals surface area contributed by atoms with Crippen LogP contribution in [-0.2, 0) is 6.42 Å². The van der Waals surface area contributed by atoms with Crippen molar-refractivity contribution in [2.24, 2.45) is 11.7 Å². The number of hydrogen-bond acceptors (Lipinski definition) is 2. The van der Waals surface area contributed by atoms with E-state index < -0.39 is 0 Å². The van der Waals surface area contributed by atoms with Crippen molar-refractivity contribution >= 4 is 23.4 Å². The van der Waals surface area contributed by atoms with Crippen LogP contribution in [0.3, 0.4) is 0 Å². The van der Waals surface area contributed by atoms with Crippen LogP contribution < -0.4 is 5.73 Å². The fourth-order valence-corrected chi connectivity index (χ4v) is 3.26. The molecule has 1 atom stereocenters. The van der Waals surface area contributed by atoms with E-state index in [0.717, 1.165) is 29.5 Å². The van der Waals surface area contributed by atoms with Gasteiger partial charge in [0.2, 0.25) is 0 Å². The highest BCUT2D eigenvalue weighted by Gasteiger charge is 2.08. The van der Waals surface area contributed by atoms with Gasteiger partial charge in [-0.15, -0.1) is 11.8 Å². The molecule has 1 unspecified atom stereocenters. The molecule has 0 amide bonds. The van der Waals surface area contributed by atoms with Crippen LogP contribution in [0.4, 0.5) is 0 Å². The third-order valence-electron chi connectivity index (χ3n) is 2.99. The maximum atomic E-state index is 6.08. The Morgan fingerprint density at radius 2 is 2.06 bits per heavy atom. The number of rotatable bonds is 7. The predicted molar refractivity (Wildman–Crippen MR) is 83.6 cm³/mol. The highest BCUT2D eigenvalue weighted by Crippen LogP contribution is 2.28. The topological polar surface area (TPSA) is 26.0 Å². The lowest BCUT2D eigenvalue weighted by atomic mass is 10.1. The van der Waals surface area contributed by atoms with Crippen molar-refractivity contribution in [2.45, 2.75) is 51.0 Å². The Bertz CT molecular complexity index is 366. The number of benzene rings is 1. The maximum Gasteiger partial charge on any atom is 0.0417 e. The summed E-state index contributed by atoms with van der Waals surface area (Å²) in [6.07, 6.45) is 3.19. The fourth-order valence-electron chi connectivity index (χ4n) is 1.66. The van der Waals surface area contributed by atoms with Crippen LogP contribution >= 0.6 is 23.4 Å². The molecule has 1 nitrogen and oxygen atoms in total. The normalized spacial score (nSPS) is 13.0. The average molecular weight is 286 g/mol. The lowest BCUT2D eigenvalue weighted by Crippen LogP contribution is -2.21. The molecule has 1 rings (SSSR count). The molecular weight excluding hydrogens is 262 g/mol. The minimum Gasteiger partial charge on any atom is -0.327 e. The maximum absolute atomic E-state index is 6.08. The number of nitrogens with two attached hydrogens (primary N) is 1. The monoisotopic (exact) mass is 285 g/mol. The Morgan fingerprint density at radius 3 is 2.67 bits per heavy atom. The molecule has 0 radical (unpaired) electrons. The Kier molecular flexibility index (Phi) is 7.13. The van der Waals surface area contributed by atoms with E-state index in [2.05, 4.69) is 32.9 Å². The highest BCUT2D eigenvalue weighted by molar-refractivity contribution is 7.99. The molecule has 0 spiro atoms. The summed E-state index contributed by atoms with van der Waals surface area (Å²) in [7, 11) is 0. The second kappa shape index (κ2) is 8.08. The first-order valence-corrected chi connectivity index (χ1v) is 8.06. The predicted octanol–water partition coefficient (Wildman–Crippen LogP) is 4.76. The first-order valence-electron chi connectivity index (χ1n) is 6.69. The first-order chi connectivity index (χ1) is 8.52. The van der Waals surface area contributed by atoms with Crippen molar-refractivity contribution in [3.63, 3.8) is 0 Å². The first kappa shape index (κ1) is 15.9. The molecule has 1 aromatic carbocycles. The largest absolute Gasteiger partial charge is 0.327 e. The quantitative estimate of drug-likeness (QED) is 0.731. The Morgan fingerprint density at radius 1 is 1.33 bits per heavy atom. The molecule has 0 fully saturated rings. The Labute approximate surface area is 120 Å².